The molecule has 0 saturated heterocycles. The van der Waals surface area contributed by atoms with Crippen molar-refractivity contribution in [3.63, 3.8) is 0 Å². The van der Waals surface area contributed by atoms with E-state index in [4.69, 9.17) is 18.3 Å². The molecule has 0 amide bonds. The van der Waals surface area contributed by atoms with E-state index in [-0.39, 0.29) is 0 Å². The Hall–Kier alpha value is -7.65. The van der Waals surface area contributed by atoms with Crippen LogP contribution in [0.2, 0.25) is 0 Å². The number of rotatable bonds is 19. The van der Waals surface area contributed by atoms with E-state index in [2.05, 4.69) is 181 Å². The lowest BCUT2D eigenvalue weighted by Gasteiger charge is -2.44. The van der Waals surface area contributed by atoms with E-state index in [1.54, 1.807) is 0 Å². The van der Waals surface area contributed by atoms with Crippen LogP contribution in [0.5, 0.6) is 23.0 Å². The Labute approximate surface area is 405 Å². The third-order valence-corrected chi connectivity index (χ3v) is 22.0. The van der Waals surface area contributed by atoms with Gasteiger partial charge in [0, 0.05) is 11.1 Å². The molecule has 0 aliphatic heterocycles. The van der Waals surface area contributed by atoms with Crippen molar-refractivity contribution >= 4 is 61.7 Å². The molecule has 6 heteroatoms. The molecule has 0 N–H and O–H groups in total. The fourth-order valence-electron chi connectivity index (χ4n) is 9.26. The van der Waals surface area contributed by atoms with Crippen molar-refractivity contribution in [2.75, 3.05) is 0 Å². The topological polar surface area (TPSA) is 36.9 Å². The minimum atomic E-state index is -3.34. The van der Waals surface area contributed by atoms with Crippen LogP contribution in [0.1, 0.15) is 49.9 Å². The maximum absolute atomic E-state index is 7.62. The standard InChI is InChI=1S/C62H58O4Si2/c1-9-47-33-39-53(40-34-47)63-61(5,6)68(57-29-21-15-22-30-57,58-31-23-16-24-32-58)66-60-44-38-52(46-50(60)12-4)51-37-43-59(49(11-3)45-51)64-62(7,8)67(55-25-17-13-18-26-55,56-27-19-14-20-28-56)65-54-41-35-48(10-2)36-42-54/h9-46H,1-4H2,5-8H3. The van der Waals surface area contributed by atoms with Gasteiger partial charge in [0.1, 0.15) is 33.4 Å². The van der Waals surface area contributed by atoms with Crippen LogP contribution in [-0.4, -0.2) is 27.1 Å². The van der Waals surface area contributed by atoms with Gasteiger partial charge in [-0.15, -0.1) is 0 Å². The third kappa shape index (κ3) is 9.21. The first-order valence-electron chi connectivity index (χ1n) is 22.9. The minimum absolute atomic E-state index is 0.704. The molecular formula is C62H58O4Si2. The second kappa shape index (κ2) is 20.1. The van der Waals surface area contributed by atoms with E-state index in [0.29, 0.717) is 5.75 Å². The highest BCUT2D eigenvalue weighted by atomic mass is 28.4. The van der Waals surface area contributed by atoms with Gasteiger partial charge in [-0.1, -0.05) is 208 Å². The summed E-state index contributed by atoms with van der Waals surface area (Å²) in [4.78, 5) is 0. The van der Waals surface area contributed by atoms with Crippen molar-refractivity contribution in [2.45, 2.75) is 38.1 Å². The second-order valence-corrected chi connectivity index (χ2v) is 25.6. The Morgan fingerprint density at radius 1 is 0.353 bits per heavy atom. The molecule has 0 fully saturated rings. The van der Waals surface area contributed by atoms with Crippen molar-refractivity contribution in [3.05, 3.63) is 255 Å². The van der Waals surface area contributed by atoms with Gasteiger partial charge in [-0.2, -0.15) is 0 Å². The Morgan fingerprint density at radius 3 is 1.10 bits per heavy atom. The summed E-state index contributed by atoms with van der Waals surface area (Å²) in [6.45, 7) is 25.0. The maximum atomic E-state index is 7.62. The zero-order valence-electron chi connectivity index (χ0n) is 39.4. The normalized spacial score (nSPS) is 11.8. The van der Waals surface area contributed by atoms with Crippen LogP contribution < -0.4 is 39.1 Å². The van der Waals surface area contributed by atoms with Crippen LogP contribution in [-0.2, 0) is 0 Å². The molecule has 0 bridgehead atoms. The van der Waals surface area contributed by atoms with Crippen molar-refractivity contribution in [2.24, 2.45) is 0 Å². The molecule has 0 spiro atoms. The first-order chi connectivity index (χ1) is 33.0. The molecule has 0 aromatic heterocycles. The highest BCUT2D eigenvalue weighted by Crippen LogP contribution is 2.38. The minimum Gasteiger partial charge on any atom is -0.531 e. The van der Waals surface area contributed by atoms with Gasteiger partial charge in [-0.25, -0.2) is 0 Å². The first-order valence-corrected chi connectivity index (χ1v) is 26.7. The van der Waals surface area contributed by atoms with Gasteiger partial charge in [0.25, 0.3) is 0 Å². The molecule has 68 heavy (non-hydrogen) atoms. The molecule has 0 aliphatic carbocycles. The molecule has 0 aliphatic rings. The Balaban J connectivity index is 1.18. The van der Waals surface area contributed by atoms with Gasteiger partial charge in [-0.3, -0.25) is 0 Å². The lowest BCUT2D eigenvalue weighted by molar-refractivity contribution is 0.171. The second-order valence-electron chi connectivity index (χ2n) is 17.7. The highest BCUT2D eigenvalue weighted by molar-refractivity contribution is 7.00. The largest absolute Gasteiger partial charge is 0.531 e. The summed E-state index contributed by atoms with van der Waals surface area (Å²) in [5.74, 6) is 2.93. The third-order valence-electron chi connectivity index (χ3n) is 12.7. The van der Waals surface area contributed by atoms with Gasteiger partial charge in [0.05, 0.1) is 0 Å². The van der Waals surface area contributed by atoms with Crippen molar-refractivity contribution in [3.8, 4) is 34.1 Å². The highest BCUT2D eigenvalue weighted by Gasteiger charge is 2.58. The molecule has 4 nitrogen and oxygen atoms in total. The Kier molecular flexibility index (Phi) is 13.8. The zero-order valence-corrected chi connectivity index (χ0v) is 41.4. The van der Waals surface area contributed by atoms with E-state index < -0.39 is 27.1 Å². The quantitative estimate of drug-likeness (QED) is 0.0757. The first kappa shape index (κ1) is 46.9. The molecule has 8 rings (SSSR count). The summed E-state index contributed by atoms with van der Waals surface area (Å²) in [6.07, 6.45) is 7.40. The Morgan fingerprint density at radius 2 is 0.706 bits per heavy atom. The van der Waals surface area contributed by atoms with E-state index in [9.17, 15) is 0 Å². The maximum Gasteiger partial charge on any atom is 0.357 e. The van der Waals surface area contributed by atoms with E-state index in [0.717, 1.165) is 71.4 Å². The molecule has 8 aromatic rings. The lowest BCUT2D eigenvalue weighted by atomic mass is 10.00. The SMILES string of the molecule is C=Cc1ccc(OC(C)(C)[Si](Oc2ccc(-c3ccc(OC(C)(C)[Si](Oc4ccc(C=C)cc4)(c4ccccc4)c4ccccc4)c(C=C)c3)cc2C=C)(c2ccccc2)c2ccccc2)cc1. The predicted molar refractivity (Wildman–Crippen MR) is 292 cm³/mol. The zero-order chi connectivity index (χ0) is 47.8. The fraction of sp³-hybridized carbons (Fsp3) is 0.0968. The van der Waals surface area contributed by atoms with Crippen LogP contribution >= 0.6 is 0 Å². The van der Waals surface area contributed by atoms with Crippen LogP contribution in [0.25, 0.3) is 35.4 Å². The van der Waals surface area contributed by atoms with Crippen LogP contribution in [0, 0.1) is 0 Å². The summed E-state index contributed by atoms with van der Waals surface area (Å²) < 4.78 is 29.4. The summed E-state index contributed by atoms with van der Waals surface area (Å²) in [7, 11) is -6.62. The lowest BCUT2D eigenvalue weighted by Crippen LogP contribution is -2.77. The summed E-state index contributed by atoms with van der Waals surface area (Å²) in [6, 6.07) is 70.7. The molecule has 338 valence electrons. The average Bonchev–Trinajstić information content (AvgIpc) is 3.38. The summed E-state index contributed by atoms with van der Waals surface area (Å²) in [5.41, 5.74) is 5.75. The van der Waals surface area contributed by atoms with Crippen molar-refractivity contribution in [1.82, 2.24) is 0 Å². The molecule has 0 atom stereocenters. The molecule has 0 heterocycles. The summed E-state index contributed by atoms with van der Waals surface area (Å²) >= 11 is 0. The van der Waals surface area contributed by atoms with Crippen LogP contribution in [0.15, 0.2) is 233 Å². The molecular weight excluding hydrogens is 865 g/mol. The number of ether oxygens (including phenoxy) is 2. The molecule has 0 unspecified atom stereocenters. The molecule has 0 radical (unpaired) electrons. The van der Waals surface area contributed by atoms with Crippen molar-refractivity contribution in [1.29, 1.82) is 0 Å². The Bertz CT molecular complexity index is 2920. The fourth-order valence-corrected chi connectivity index (χ4v) is 17.8. The smallest absolute Gasteiger partial charge is 0.357 e. The van der Waals surface area contributed by atoms with Gasteiger partial charge in [0.2, 0.25) is 0 Å². The van der Waals surface area contributed by atoms with Gasteiger partial charge >= 0.3 is 16.6 Å². The molecule has 8 aromatic carbocycles. The van der Waals surface area contributed by atoms with E-state index in [1.807, 2.05) is 103 Å². The van der Waals surface area contributed by atoms with Gasteiger partial charge in [-0.05, 0) is 119 Å². The van der Waals surface area contributed by atoms with Gasteiger partial charge < -0.3 is 18.3 Å². The number of benzene rings is 8. The van der Waals surface area contributed by atoms with E-state index >= 15 is 0 Å². The monoisotopic (exact) mass is 922 g/mol. The number of hydrogen-bond acceptors (Lipinski definition) is 4. The van der Waals surface area contributed by atoms with E-state index in [1.165, 1.54) is 0 Å². The van der Waals surface area contributed by atoms with Crippen LogP contribution in [0.4, 0.5) is 0 Å². The average molecular weight is 923 g/mol. The van der Waals surface area contributed by atoms with Crippen molar-refractivity contribution < 1.29 is 18.3 Å². The summed E-state index contributed by atoms with van der Waals surface area (Å²) in [5, 5.41) is 2.67. The van der Waals surface area contributed by atoms with Crippen LogP contribution in [0.3, 0.4) is 0 Å². The van der Waals surface area contributed by atoms with Gasteiger partial charge in [0.15, 0.2) is 0 Å². The number of hydrogen-bond donors (Lipinski definition) is 0. The predicted octanol–water partition coefficient (Wildman–Crippen LogP) is 13.0. The molecule has 0 saturated carbocycles.